The number of para-hydroxylation sites is 1. The number of aromatic carboxylic acids is 1. The number of hydrogen-bond donors (Lipinski definition) is 1. The molecular formula is C34H34ClN5O6. The lowest BCUT2D eigenvalue weighted by Gasteiger charge is -2.33. The summed E-state index contributed by atoms with van der Waals surface area (Å²) in [7, 11) is 3.43. The molecule has 0 saturated carbocycles. The van der Waals surface area contributed by atoms with E-state index in [2.05, 4.69) is 22.5 Å². The third kappa shape index (κ3) is 5.34. The van der Waals surface area contributed by atoms with Gasteiger partial charge in [0.05, 0.1) is 47.6 Å². The molecule has 1 saturated heterocycles. The molecule has 1 unspecified atom stereocenters. The number of methoxy groups -OCH3 is 1. The third-order valence-electron chi connectivity index (χ3n) is 8.76. The maximum absolute atomic E-state index is 11.7. The summed E-state index contributed by atoms with van der Waals surface area (Å²) in [4.78, 5) is 23.9. The zero-order valence-electron chi connectivity index (χ0n) is 25.8. The van der Waals surface area contributed by atoms with Crippen LogP contribution < -0.4 is 9.47 Å². The van der Waals surface area contributed by atoms with Gasteiger partial charge in [-0.25, -0.2) is 14.8 Å². The second-order valence-corrected chi connectivity index (χ2v) is 11.9. The summed E-state index contributed by atoms with van der Waals surface area (Å²) in [6.45, 7) is 6.60. The van der Waals surface area contributed by atoms with Crippen molar-refractivity contribution in [2.24, 2.45) is 7.05 Å². The Balaban J connectivity index is 0.000000786. The highest BCUT2D eigenvalue weighted by atomic mass is 35.5. The molecule has 2 aliphatic rings. The second-order valence-electron chi connectivity index (χ2n) is 11.5. The van der Waals surface area contributed by atoms with Crippen LogP contribution in [0, 0.1) is 0 Å². The van der Waals surface area contributed by atoms with Crippen LogP contribution in [0.15, 0.2) is 59.2 Å². The molecule has 8 rings (SSSR count). The minimum Gasteiger partial charge on any atom is -0.494 e. The topological polar surface area (TPSA) is 117 Å². The Labute approximate surface area is 269 Å². The van der Waals surface area contributed by atoms with Gasteiger partial charge in [-0.1, -0.05) is 23.7 Å². The summed E-state index contributed by atoms with van der Waals surface area (Å²) < 4.78 is 26.4. The number of nitrogens with zero attached hydrogens (tertiary/aromatic N) is 5. The van der Waals surface area contributed by atoms with Crippen LogP contribution in [-0.2, 0) is 31.5 Å². The maximum Gasteiger partial charge on any atom is 0.335 e. The van der Waals surface area contributed by atoms with Crippen molar-refractivity contribution >= 4 is 50.6 Å². The molecule has 2 aliphatic heterocycles. The fourth-order valence-corrected chi connectivity index (χ4v) is 6.23. The van der Waals surface area contributed by atoms with E-state index >= 15 is 0 Å². The molecule has 1 fully saturated rings. The van der Waals surface area contributed by atoms with Gasteiger partial charge in [-0.15, -0.1) is 0 Å². The first-order valence-corrected chi connectivity index (χ1v) is 15.6. The van der Waals surface area contributed by atoms with Crippen molar-refractivity contribution in [2.75, 3.05) is 26.9 Å². The van der Waals surface area contributed by atoms with Crippen LogP contribution in [0.1, 0.15) is 47.0 Å². The molecule has 238 valence electrons. The lowest BCUT2D eigenvalue weighted by atomic mass is 10.1. The van der Waals surface area contributed by atoms with Gasteiger partial charge < -0.3 is 32.9 Å². The Hall–Kier alpha value is -4.58. The van der Waals surface area contributed by atoms with Crippen molar-refractivity contribution in [3.8, 4) is 11.5 Å². The highest BCUT2D eigenvalue weighted by molar-refractivity contribution is 6.35. The van der Waals surface area contributed by atoms with E-state index < -0.39 is 5.97 Å². The van der Waals surface area contributed by atoms with Gasteiger partial charge in [0.1, 0.15) is 46.4 Å². The summed E-state index contributed by atoms with van der Waals surface area (Å²) in [5.74, 6) is 1.92. The first-order chi connectivity index (χ1) is 22.3. The zero-order chi connectivity index (χ0) is 31.9. The number of furan rings is 1. The van der Waals surface area contributed by atoms with Gasteiger partial charge in [0.25, 0.3) is 0 Å². The molecular weight excluding hydrogens is 610 g/mol. The Morgan fingerprint density at radius 3 is 2.59 bits per heavy atom. The normalized spacial score (nSPS) is 16.2. The monoisotopic (exact) mass is 643 g/mol. The highest BCUT2D eigenvalue weighted by Crippen LogP contribution is 2.35. The fraction of sp³-hybridized carbons (Fsp3) is 0.324. The minimum atomic E-state index is -1.01. The molecule has 0 amide bonds. The van der Waals surface area contributed by atoms with Crippen molar-refractivity contribution in [2.45, 2.75) is 39.1 Å². The van der Waals surface area contributed by atoms with Crippen molar-refractivity contribution in [1.82, 2.24) is 24.0 Å². The SMILES string of the molecule is C1COC1.COc1cc(C(=O)O)cc2c1nc(CN1CCn3c(nc4c(OCc5ccc(Cl)c6ccoc56)cccc43)C1C)n2C. The number of aryl methyl sites for hydroxylation is 1. The number of imidazole rings is 2. The summed E-state index contributed by atoms with van der Waals surface area (Å²) in [6.07, 6.45) is 2.91. The Morgan fingerprint density at radius 2 is 1.85 bits per heavy atom. The van der Waals surface area contributed by atoms with Gasteiger partial charge >= 0.3 is 5.97 Å². The Kier molecular flexibility index (Phi) is 8.06. The van der Waals surface area contributed by atoms with Gasteiger partial charge in [-0.05, 0) is 49.7 Å². The standard InChI is InChI=1S/C31H28ClN5O5.C3H6O/c1-17-30-34-27-22(5-4-6-24(27)42-16-18-7-8-21(32)20-9-12-41-29(18)20)37(30)11-10-36(17)15-26-33-28-23(35(26)2)13-19(31(38)39)14-25(28)40-3;1-2-4-3-1/h4-9,12-14,17H,10-11,15-16H2,1-3H3,(H,38,39);1-3H2. The van der Waals surface area contributed by atoms with Crippen molar-refractivity contribution in [3.63, 3.8) is 0 Å². The lowest BCUT2D eigenvalue weighted by Crippen LogP contribution is -2.37. The van der Waals surface area contributed by atoms with Crippen molar-refractivity contribution in [1.29, 1.82) is 0 Å². The van der Waals surface area contributed by atoms with E-state index in [9.17, 15) is 9.90 Å². The number of benzene rings is 3. The number of carboxylic acid groups (broad SMARTS) is 1. The molecule has 0 spiro atoms. The first-order valence-electron chi connectivity index (χ1n) is 15.2. The molecule has 6 aromatic rings. The van der Waals surface area contributed by atoms with Crippen molar-refractivity contribution < 1.29 is 28.5 Å². The van der Waals surface area contributed by atoms with E-state index in [1.807, 2.05) is 41.9 Å². The third-order valence-corrected chi connectivity index (χ3v) is 9.09. The van der Waals surface area contributed by atoms with E-state index in [1.165, 1.54) is 19.6 Å². The quantitative estimate of drug-likeness (QED) is 0.206. The Bertz CT molecular complexity index is 2070. The molecule has 46 heavy (non-hydrogen) atoms. The van der Waals surface area contributed by atoms with Crippen LogP contribution in [0.4, 0.5) is 0 Å². The number of halogens is 1. The van der Waals surface area contributed by atoms with E-state index in [-0.39, 0.29) is 11.6 Å². The van der Waals surface area contributed by atoms with Crippen LogP contribution in [-0.4, -0.2) is 61.9 Å². The van der Waals surface area contributed by atoms with E-state index in [0.717, 1.165) is 65.5 Å². The molecule has 1 atom stereocenters. The largest absolute Gasteiger partial charge is 0.494 e. The van der Waals surface area contributed by atoms with Crippen LogP contribution >= 0.6 is 11.6 Å². The Morgan fingerprint density at radius 1 is 1.07 bits per heavy atom. The van der Waals surface area contributed by atoms with Crippen LogP contribution in [0.5, 0.6) is 11.5 Å². The van der Waals surface area contributed by atoms with Crippen LogP contribution in [0.3, 0.4) is 0 Å². The number of rotatable bonds is 7. The number of hydrogen-bond acceptors (Lipinski definition) is 8. The van der Waals surface area contributed by atoms with Gasteiger partial charge in [0, 0.05) is 44.3 Å². The number of carboxylic acids is 1. The molecule has 1 N–H and O–H groups in total. The molecule has 3 aromatic heterocycles. The smallest absolute Gasteiger partial charge is 0.335 e. The number of carbonyl (C=O) groups is 1. The number of ether oxygens (including phenoxy) is 3. The predicted molar refractivity (Wildman–Crippen MR) is 174 cm³/mol. The maximum atomic E-state index is 11.7. The second kappa shape index (κ2) is 12.3. The van der Waals surface area contributed by atoms with E-state index in [4.69, 9.17) is 40.2 Å². The van der Waals surface area contributed by atoms with Crippen molar-refractivity contribution in [3.05, 3.63) is 82.6 Å². The summed E-state index contributed by atoms with van der Waals surface area (Å²) in [5, 5.41) is 11.1. The molecule has 11 nitrogen and oxygen atoms in total. The van der Waals surface area contributed by atoms with E-state index in [0.29, 0.717) is 40.7 Å². The average molecular weight is 644 g/mol. The lowest BCUT2D eigenvalue weighted by molar-refractivity contribution is 0.0367. The fourth-order valence-electron chi connectivity index (χ4n) is 6.02. The van der Waals surface area contributed by atoms with Gasteiger partial charge in [-0.3, -0.25) is 4.90 Å². The average Bonchev–Trinajstić information content (AvgIpc) is 3.74. The molecule has 3 aromatic carbocycles. The first kappa shape index (κ1) is 30.1. The predicted octanol–water partition coefficient (Wildman–Crippen LogP) is 6.59. The molecule has 5 heterocycles. The molecule has 0 aliphatic carbocycles. The summed E-state index contributed by atoms with van der Waals surface area (Å²) in [5.41, 5.74) is 5.01. The number of fused-ring (bicyclic) bond motifs is 5. The zero-order valence-corrected chi connectivity index (χ0v) is 26.6. The van der Waals surface area contributed by atoms with Crippen LogP contribution in [0.25, 0.3) is 33.0 Å². The molecule has 0 radical (unpaired) electrons. The van der Waals surface area contributed by atoms with Gasteiger partial charge in [-0.2, -0.15) is 0 Å². The molecule has 12 heteroatoms. The number of aromatic nitrogens is 4. The van der Waals surface area contributed by atoms with Gasteiger partial charge in [0.2, 0.25) is 0 Å². The summed E-state index contributed by atoms with van der Waals surface area (Å²) >= 11 is 6.31. The van der Waals surface area contributed by atoms with E-state index in [1.54, 1.807) is 12.3 Å². The summed E-state index contributed by atoms with van der Waals surface area (Å²) in [6, 6.07) is 14.8. The minimum absolute atomic E-state index is 0.00861. The van der Waals surface area contributed by atoms with Crippen LogP contribution in [0.2, 0.25) is 5.02 Å². The molecule has 0 bridgehead atoms. The van der Waals surface area contributed by atoms with Gasteiger partial charge in [0.15, 0.2) is 0 Å². The highest BCUT2D eigenvalue weighted by Gasteiger charge is 2.29.